The molecule has 1 amide bonds. The fraction of sp³-hybridized carbons (Fsp3) is 0.261. The van der Waals surface area contributed by atoms with Crippen molar-refractivity contribution in [1.29, 1.82) is 0 Å². The Morgan fingerprint density at radius 3 is 2.57 bits per heavy atom. The zero-order valence-electron chi connectivity index (χ0n) is 20.0. The number of benzene rings is 2. The van der Waals surface area contributed by atoms with E-state index in [2.05, 4.69) is 10.3 Å². The van der Waals surface area contributed by atoms with Gasteiger partial charge in [0.15, 0.2) is 5.02 Å². The van der Waals surface area contributed by atoms with Gasteiger partial charge in [-0.3, -0.25) is 19.1 Å². The minimum atomic E-state index is -3.69. The zero-order chi connectivity index (χ0) is 27.1. The summed E-state index contributed by atoms with van der Waals surface area (Å²) in [7, 11) is -2.10. The van der Waals surface area contributed by atoms with Crippen molar-refractivity contribution in [1.82, 2.24) is 14.9 Å². The third kappa shape index (κ3) is 5.15. The van der Waals surface area contributed by atoms with E-state index in [1.54, 1.807) is 7.05 Å². The molecule has 0 fully saturated rings. The predicted molar refractivity (Wildman–Crippen MR) is 134 cm³/mol. The van der Waals surface area contributed by atoms with Gasteiger partial charge in [-0.25, -0.2) is 21.5 Å². The van der Waals surface area contributed by atoms with E-state index < -0.39 is 27.2 Å². The summed E-state index contributed by atoms with van der Waals surface area (Å²) in [6, 6.07) is 7.47. The molecule has 1 aromatic heterocycles. The maximum absolute atomic E-state index is 13.9. The number of nitrogens with one attached hydrogen (secondary N) is 1. The van der Waals surface area contributed by atoms with E-state index >= 15 is 0 Å². The number of hydrogen-bond donors (Lipinski definition) is 1. The van der Waals surface area contributed by atoms with Gasteiger partial charge in [-0.15, -0.1) is 0 Å². The van der Waals surface area contributed by atoms with Crippen molar-refractivity contribution in [2.75, 3.05) is 35.7 Å². The Labute approximate surface area is 216 Å². The summed E-state index contributed by atoms with van der Waals surface area (Å²) in [5.41, 5.74) is 0.195. The molecule has 4 rings (SSSR count). The molecule has 10 nitrogen and oxygen atoms in total. The summed E-state index contributed by atoms with van der Waals surface area (Å²) in [6.07, 6.45) is 1.03. The van der Waals surface area contributed by atoms with Crippen LogP contribution in [0.3, 0.4) is 0 Å². The van der Waals surface area contributed by atoms with E-state index in [1.165, 1.54) is 40.7 Å². The molecule has 0 aliphatic carbocycles. The summed E-state index contributed by atoms with van der Waals surface area (Å²) >= 11 is 6.24. The monoisotopic (exact) mass is 553 g/mol. The van der Waals surface area contributed by atoms with Gasteiger partial charge in [0.2, 0.25) is 21.8 Å². The molecule has 0 saturated heterocycles. The molecule has 0 saturated carbocycles. The first-order valence-electron chi connectivity index (χ1n) is 10.9. The normalized spacial score (nSPS) is 13.1. The predicted octanol–water partition coefficient (Wildman–Crippen LogP) is 2.34. The van der Waals surface area contributed by atoms with Crippen molar-refractivity contribution in [3.63, 3.8) is 0 Å². The summed E-state index contributed by atoms with van der Waals surface area (Å²) in [5, 5.41) is 2.36. The van der Waals surface area contributed by atoms with Gasteiger partial charge in [0.05, 0.1) is 29.9 Å². The molecule has 0 radical (unpaired) electrons. The number of nitrogens with zero attached hydrogens (tertiary/aromatic N) is 4. The molecule has 1 aliphatic rings. The van der Waals surface area contributed by atoms with Crippen LogP contribution in [0.25, 0.3) is 5.69 Å². The number of amides is 1. The lowest BCUT2D eigenvalue weighted by atomic mass is 10.2. The first-order valence-corrected chi connectivity index (χ1v) is 13.1. The van der Waals surface area contributed by atoms with Crippen LogP contribution in [0.5, 0.6) is 5.88 Å². The molecule has 0 spiro atoms. The van der Waals surface area contributed by atoms with Crippen LogP contribution in [0.4, 0.5) is 20.2 Å². The van der Waals surface area contributed by atoms with Gasteiger partial charge < -0.3 is 10.1 Å². The Morgan fingerprint density at radius 1 is 1.19 bits per heavy atom. The Hall–Kier alpha value is -3.55. The number of sulfonamides is 1. The fourth-order valence-electron chi connectivity index (χ4n) is 3.87. The number of anilines is 2. The highest BCUT2D eigenvalue weighted by Crippen LogP contribution is 2.39. The standard InChI is InChI=1S/C23H22ClF2N5O5S/c1-13-28-22(36-11-14-4-5-15(25)8-17(14)26)21(24)23(33)31(13)16-6-7-18-19(9-16)29(20(32)10-27-2)12-30(18)37(3,34)35/h4-9,27H,10-12H2,1-3H3. The Kier molecular flexibility index (Phi) is 7.22. The summed E-state index contributed by atoms with van der Waals surface area (Å²) in [4.78, 5) is 31.3. The SMILES string of the molecule is CNCC(=O)N1CN(S(C)(=O)=O)c2ccc(-n3c(C)nc(OCc4ccc(F)cc4F)c(Cl)c3=O)cc21. The maximum Gasteiger partial charge on any atom is 0.280 e. The van der Waals surface area contributed by atoms with Crippen molar-refractivity contribution in [3.8, 4) is 11.6 Å². The van der Waals surface area contributed by atoms with Crippen LogP contribution in [0.1, 0.15) is 11.4 Å². The summed E-state index contributed by atoms with van der Waals surface area (Å²) in [5.74, 6) is -2.01. The van der Waals surface area contributed by atoms with Crippen molar-refractivity contribution in [2.24, 2.45) is 0 Å². The topological polar surface area (TPSA) is 114 Å². The quantitative estimate of drug-likeness (QED) is 0.478. The molecule has 2 aromatic carbocycles. The Bertz CT molecular complexity index is 1560. The molecule has 14 heteroatoms. The summed E-state index contributed by atoms with van der Waals surface area (Å²) in [6.45, 7) is 0.930. The van der Waals surface area contributed by atoms with Gasteiger partial charge >= 0.3 is 0 Å². The molecule has 196 valence electrons. The lowest BCUT2D eigenvalue weighted by Crippen LogP contribution is -2.41. The highest BCUT2D eigenvalue weighted by Gasteiger charge is 2.35. The third-order valence-corrected chi connectivity index (χ3v) is 7.06. The summed E-state index contributed by atoms with van der Waals surface area (Å²) < 4.78 is 59.4. The smallest absolute Gasteiger partial charge is 0.280 e. The third-order valence-electron chi connectivity index (χ3n) is 5.62. The van der Waals surface area contributed by atoms with E-state index in [9.17, 15) is 26.8 Å². The number of likely N-dealkylation sites (N-methyl/N-ethyl adjacent to an activating group) is 1. The fourth-order valence-corrected chi connectivity index (χ4v) is 4.89. The van der Waals surface area contributed by atoms with Gasteiger partial charge in [-0.1, -0.05) is 11.6 Å². The number of halogens is 3. The minimum Gasteiger partial charge on any atom is -0.471 e. The van der Waals surface area contributed by atoms with Crippen LogP contribution in [0.15, 0.2) is 41.2 Å². The van der Waals surface area contributed by atoms with Gasteiger partial charge in [-0.2, -0.15) is 4.98 Å². The van der Waals surface area contributed by atoms with Gasteiger partial charge in [0.25, 0.3) is 5.56 Å². The van der Waals surface area contributed by atoms with Crippen LogP contribution in [-0.4, -0.2) is 50.4 Å². The molecular formula is C23H22ClF2N5O5S. The number of ether oxygens (including phenoxy) is 1. The molecule has 0 atom stereocenters. The lowest BCUT2D eigenvalue weighted by molar-refractivity contribution is -0.117. The minimum absolute atomic E-state index is 0.0334. The van der Waals surface area contributed by atoms with Crippen LogP contribution in [0.2, 0.25) is 5.02 Å². The van der Waals surface area contributed by atoms with E-state index in [1.807, 2.05) is 0 Å². The number of carbonyl (C=O) groups excluding carboxylic acids is 1. The van der Waals surface area contributed by atoms with Crippen molar-refractivity contribution in [3.05, 3.63) is 74.8 Å². The maximum atomic E-state index is 13.9. The van der Waals surface area contributed by atoms with E-state index in [-0.39, 0.29) is 65.1 Å². The second kappa shape index (κ2) is 10.1. The average molecular weight is 554 g/mol. The second-order valence-corrected chi connectivity index (χ2v) is 10.5. The van der Waals surface area contributed by atoms with Crippen molar-refractivity contribution < 1.29 is 26.7 Å². The molecular weight excluding hydrogens is 532 g/mol. The van der Waals surface area contributed by atoms with Gasteiger partial charge in [-0.05, 0) is 44.3 Å². The second-order valence-electron chi connectivity index (χ2n) is 8.22. The lowest BCUT2D eigenvalue weighted by Gasteiger charge is -2.18. The zero-order valence-corrected chi connectivity index (χ0v) is 21.5. The number of rotatable bonds is 7. The highest BCUT2D eigenvalue weighted by atomic mass is 35.5. The molecule has 3 aromatic rings. The van der Waals surface area contributed by atoms with E-state index in [0.29, 0.717) is 6.07 Å². The first-order chi connectivity index (χ1) is 17.4. The van der Waals surface area contributed by atoms with Gasteiger partial charge in [0, 0.05) is 11.6 Å². The van der Waals surface area contributed by atoms with Crippen LogP contribution >= 0.6 is 11.6 Å². The van der Waals surface area contributed by atoms with Crippen LogP contribution in [0, 0.1) is 18.6 Å². The van der Waals surface area contributed by atoms with E-state index in [4.69, 9.17) is 16.3 Å². The molecule has 1 aliphatic heterocycles. The van der Waals surface area contributed by atoms with Crippen molar-refractivity contribution >= 4 is 38.9 Å². The number of carbonyl (C=O) groups is 1. The highest BCUT2D eigenvalue weighted by molar-refractivity contribution is 7.92. The molecule has 0 bridgehead atoms. The number of aromatic nitrogens is 2. The molecule has 1 N–H and O–H groups in total. The van der Waals surface area contributed by atoms with Crippen molar-refractivity contribution in [2.45, 2.75) is 13.5 Å². The van der Waals surface area contributed by atoms with Gasteiger partial charge in [0.1, 0.15) is 30.7 Å². The van der Waals surface area contributed by atoms with E-state index in [0.717, 1.165) is 16.6 Å². The Morgan fingerprint density at radius 2 is 1.92 bits per heavy atom. The average Bonchev–Trinajstić information content (AvgIpc) is 3.21. The Balaban J connectivity index is 1.72. The number of hydrogen-bond acceptors (Lipinski definition) is 7. The molecule has 37 heavy (non-hydrogen) atoms. The number of aryl methyl sites for hydroxylation is 1. The van der Waals surface area contributed by atoms with Crippen LogP contribution in [-0.2, 0) is 21.4 Å². The first kappa shape index (κ1) is 26.5. The largest absolute Gasteiger partial charge is 0.471 e. The molecule has 2 heterocycles. The number of fused-ring (bicyclic) bond motifs is 1. The van der Waals surface area contributed by atoms with Crippen LogP contribution < -0.4 is 24.8 Å². The molecule has 0 unspecified atom stereocenters.